The van der Waals surface area contributed by atoms with Crippen molar-refractivity contribution in [3.05, 3.63) is 75.8 Å². The smallest absolute Gasteiger partial charge is 0.350 e. The second kappa shape index (κ2) is 9.08. The van der Waals surface area contributed by atoms with E-state index < -0.39 is 77.5 Å². The highest BCUT2D eigenvalue weighted by atomic mass is 16.7. The van der Waals surface area contributed by atoms with E-state index >= 15 is 0 Å². The van der Waals surface area contributed by atoms with Crippen molar-refractivity contribution in [1.82, 2.24) is 0 Å². The van der Waals surface area contributed by atoms with Gasteiger partial charge in [0.05, 0.1) is 49.1 Å². The predicted octanol–water partition coefficient (Wildman–Crippen LogP) is 3.41. The summed E-state index contributed by atoms with van der Waals surface area (Å²) in [5, 5.41) is 50.0. The van der Waals surface area contributed by atoms with Crippen LogP contribution in [0.1, 0.15) is 31.9 Å². The van der Waals surface area contributed by atoms with Crippen molar-refractivity contribution >= 4 is 34.4 Å². The first-order chi connectivity index (χ1) is 16.3. The van der Waals surface area contributed by atoms with Crippen LogP contribution in [0.2, 0.25) is 0 Å². The van der Waals surface area contributed by atoms with E-state index in [2.05, 4.69) is 5.16 Å². The highest BCUT2D eigenvalue weighted by molar-refractivity contribution is 6.27. The predicted molar refractivity (Wildman–Crippen MR) is 116 cm³/mol. The summed E-state index contributed by atoms with van der Waals surface area (Å²) in [6.07, 6.45) is -1.82. The summed E-state index contributed by atoms with van der Waals surface area (Å²) in [4.78, 5) is 59.6. The second-order valence-corrected chi connectivity index (χ2v) is 7.48. The van der Waals surface area contributed by atoms with Crippen molar-refractivity contribution in [3.63, 3.8) is 0 Å². The van der Waals surface area contributed by atoms with Crippen molar-refractivity contribution in [2.45, 2.75) is 33.0 Å². The van der Waals surface area contributed by atoms with Gasteiger partial charge in [0.25, 0.3) is 22.7 Å². The van der Waals surface area contributed by atoms with Crippen molar-refractivity contribution in [2.24, 2.45) is 5.16 Å². The SMILES string of the molecule is CC(C)OC(=O)[C@H](C)ON=C1c2cc([N+](=O)[O-])cc([N+](=O)[O-])c2-c2c1cc([N+](=O)[O-])cc2[N+](=O)[O-]. The number of oxime groups is 1. The Bertz CT molecular complexity index is 1250. The molecule has 1 aliphatic rings. The van der Waals surface area contributed by atoms with Gasteiger partial charge in [-0.2, -0.15) is 0 Å². The molecule has 3 rings (SSSR count). The van der Waals surface area contributed by atoms with Gasteiger partial charge in [-0.15, -0.1) is 0 Å². The zero-order valence-corrected chi connectivity index (χ0v) is 18.2. The first kappa shape index (κ1) is 24.6. The molecule has 1 atom stereocenters. The van der Waals surface area contributed by atoms with Crippen molar-refractivity contribution in [3.8, 4) is 11.1 Å². The molecule has 0 radical (unpaired) electrons. The molecule has 0 amide bonds. The molecule has 0 heterocycles. The molecule has 182 valence electrons. The topological polar surface area (TPSA) is 220 Å². The molecule has 0 unspecified atom stereocenters. The van der Waals surface area contributed by atoms with Crippen LogP contribution in [0.4, 0.5) is 22.7 Å². The number of carbonyl (C=O) groups excluding carboxylic acids is 1. The van der Waals surface area contributed by atoms with Crippen molar-refractivity contribution < 1.29 is 34.1 Å². The number of rotatable bonds is 8. The van der Waals surface area contributed by atoms with Crippen LogP contribution in [0.25, 0.3) is 11.1 Å². The number of fused-ring (bicyclic) bond motifs is 3. The molecule has 0 bridgehead atoms. The van der Waals surface area contributed by atoms with Gasteiger partial charge in [0, 0.05) is 23.3 Å². The van der Waals surface area contributed by atoms with E-state index in [0.29, 0.717) is 12.1 Å². The molecule has 16 heteroatoms. The summed E-state index contributed by atoms with van der Waals surface area (Å²) in [6.45, 7) is 4.42. The molecule has 16 nitrogen and oxygen atoms in total. The Balaban J connectivity index is 2.35. The summed E-state index contributed by atoms with van der Waals surface area (Å²) >= 11 is 0. The van der Waals surface area contributed by atoms with Crippen LogP contribution in [0, 0.1) is 40.5 Å². The quantitative estimate of drug-likeness (QED) is 0.253. The Morgan fingerprint density at radius 3 is 1.54 bits per heavy atom. The molecular weight excluding hydrogens is 474 g/mol. The van der Waals surface area contributed by atoms with Crippen molar-refractivity contribution in [2.75, 3.05) is 0 Å². The van der Waals surface area contributed by atoms with Crippen LogP contribution >= 0.6 is 0 Å². The van der Waals surface area contributed by atoms with Gasteiger partial charge in [-0.25, -0.2) is 4.79 Å². The van der Waals surface area contributed by atoms with Gasteiger partial charge in [0.2, 0.25) is 6.10 Å². The van der Waals surface area contributed by atoms with Crippen LogP contribution < -0.4 is 0 Å². The van der Waals surface area contributed by atoms with Crippen LogP contribution in [0.3, 0.4) is 0 Å². The summed E-state index contributed by atoms with van der Waals surface area (Å²) in [7, 11) is 0. The summed E-state index contributed by atoms with van der Waals surface area (Å²) in [5.74, 6) is -0.835. The number of non-ortho nitro benzene ring substituents is 2. The minimum absolute atomic E-state index is 0.311. The Labute approximate surface area is 194 Å². The number of nitrogens with zero attached hydrogens (tertiary/aromatic N) is 5. The standard InChI is InChI=1S/C19H15N5O11/c1-8(2)34-19(25)9(3)35-20-18-12-4-10(21(26)27)6-14(23(30)31)16(12)17-13(18)5-11(22(28)29)7-15(17)24(32)33/h4-9H,1-3H3/t9-/m0/s1. The van der Waals surface area contributed by atoms with E-state index in [9.17, 15) is 45.3 Å². The number of hydrogen-bond donors (Lipinski definition) is 0. The van der Waals surface area contributed by atoms with E-state index in [1.165, 1.54) is 6.92 Å². The highest BCUT2D eigenvalue weighted by Crippen LogP contribution is 2.50. The van der Waals surface area contributed by atoms with Gasteiger partial charge in [-0.1, -0.05) is 5.16 Å². The van der Waals surface area contributed by atoms with E-state index in [1.54, 1.807) is 13.8 Å². The normalized spacial score (nSPS) is 12.4. The van der Waals surface area contributed by atoms with E-state index in [0.717, 1.165) is 12.1 Å². The first-order valence-corrected chi connectivity index (χ1v) is 9.72. The summed E-state index contributed by atoms with van der Waals surface area (Å²) < 4.78 is 4.98. The maximum absolute atomic E-state index is 12.0. The Hall–Kier alpha value is -5.02. The number of carbonyl (C=O) groups is 1. The molecule has 1 aliphatic carbocycles. The van der Waals surface area contributed by atoms with Crippen LogP contribution in [-0.4, -0.2) is 43.6 Å². The van der Waals surface area contributed by atoms with Gasteiger partial charge in [-0.05, 0) is 20.8 Å². The average Bonchev–Trinajstić information content (AvgIpc) is 3.08. The molecule has 0 fully saturated rings. The maximum Gasteiger partial charge on any atom is 0.350 e. The Kier molecular flexibility index (Phi) is 6.39. The number of nitro groups is 4. The number of nitro benzene ring substituents is 4. The van der Waals surface area contributed by atoms with Gasteiger partial charge < -0.3 is 9.57 Å². The Morgan fingerprint density at radius 2 is 1.20 bits per heavy atom. The molecule has 35 heavy (non-hydrogen) atoms. The second-order valence-electron chi connectivity index (χ2n) is 7.48. The van der Waals surface area contributed by atoms with E-state index in [-0.39, 0.29) is 11.1 Å². The zero-order chi connectivity index (χ0) is 26.2. The minimum atomic E-state index is -1.32. The summed E-state index contributed by atoms with van der Waals surface area (Å²) in [6, 6.07) is 2.97. The first-order valence-electron chi connectivity index (χ1n) is 9.72. The van der Waals surface area contributed by atoms with Gasteiger partial charge in [0.1, 0.15) is 5.71 Å². The zero-order valence-electron chi connectivity index (χ0n) is 18.2. The lowest BCUT2D eigenvalue weighted by Crippen LogP contribution is -2.25. The van der Waals surface area contributed by atoms with Crippen LogP contribution in [-0.2, 0) is 14.4 Å². The monoisotopic (exact) mass is 489 g/mol. The number of ether oxygens (including phenoxy) is 1. The lowest BCUT2D eigenvalue weighted by Gasteiger charge is -2.12. The summed E-state index contributed by atoms with van der Waals surface area (Å²) in [5.41, 5.74) is -5.02. The molecule has 0 spiro atoms. The molecule has 2 aromatic carbocycles. The fourth-order valence-corrected chi connectivity index (χ4v) is 3.37. The lowest BCUT2D eigenvalue weighted by molar-refractivity contribution is -0.395. The maximum atomic E-state index is 12.0. The van der Waals surface area contributed by atoms with E-state index in [1.807, 2.05) is 0 Å². The van der Waals surface area contributed by atoms with E-state index in [4.69, 9.17) is 9.57 Å². The third kappa shape index (κ3) is 4.56. The third-order valence-corrected chi connectivity index (χ3v) is 4.77. The molecule has 0 aromatic heterocycles. The molecule has 2 aromatic rings. The van der Waals surface area contributed by atoms with Crippen LogP contribution in [0.5, 0.6) is 0 Å². The molecule has 0 saturated heterocycles. The fraction of sp³-hybridized carbons (Fsp3) is 0.263. The fourth-order valence-electron chi connectivity index (χ4n) is 3.37. The highest BCUT2D eigenvalue weighted by Gasteiger charge is 2.41. The van der Waals surface area contributed by atoms with Gasteiger partial charge >= 0.3 is 5.97 Å². The third-order valence-electron chi connectivity index (χ3n) is 4.77. The number of hydrogen-bond acceptors (Lipinski definition) is 12. The number of esters is 1. The van der Waals surface area contributed by atoms with Gasteiger partial charge in [-0.3, -0.25) is 40.5 Å². The minimum Gasteiger partial charge on any atom is -0.460 e. The molecule has 0 saturated carbocycles. The molecule has 0 N–H and O–H groups in total. The van der Waals surface area contributed by atoms with Crippen LogP contribution in [0.15, 0.2) is 29.4 Å². The largest absolute Gasteiger partial charge is 0.460 e. The van der Waals surface area contributed by atoms with Crippen molar-refractivity contribution in [1.29, 1.82) is 0 Å². The number of benzene rings is 2. The molecule has 0 aliphatic heterocycles. The molecular formula is C19H15N5O11. The van der Waals surface area contributed by atoms with Gasteiger partial charge in [0.15, 0.2) is 0 Å². The Morgan fingerprint density at radius 1 is 0.771 bits per heavy atom. The lowest BCUT2D eigenvalue weighted by atomic mass is 10.0. The average molecular weight is 489 g/mol.